The molecule has 0 radical (unpaired) electrons. The van der Waals surface area contributed by atoms with E-state index in [9.17, 15) is 9.59 Å². The van der Waals surface area contributed by atoms with E-state index < -0.39 is 0 Å². The van der Waals surface area contributed by atoms with Gasteiger partial charge in [0.15, 0.2) is 5.17 Å². The molecule has 1 atom stereocenters. The first kappa shape index (κ1) is 19.3. The number of aliphatic imine (C=N–C) groups is 1. The monoisotopic (exact) mass is 363 g/mol. The molecule has 0 spiro atoms. The zero-order valence-electron chi connectivity index (χ0n) is 14.9. The molecule has 1 N–H and O–H groups in total. The summed E-state index contributed by atoms with van der Waals surface area (Å²) in [6.07, 6.45) is 0.927. The van der Waals surface area contributed by atoms with Crippen molar-refractivity contribution < 1.29 is 14.3 Å². The maximum absolute atomic E-state index is 12.3. The number of hydrogen-bond acceptors (Lipinski definition) is 5. The fourth-order valence-corrected chi connectivity index (χ4v) is 3.83. The molecule has 0 saturated carbocycles. The standard InChI is InChI=1S/C18H25N3O3S/c1-4-19-18-21(5-2)17(23)15(25-18)12-16(22)20-11-10-13-6-8-14(24-3)9-7-13/h6-9,15H,4-5,10-12H2,1-3H3,(H,20,22). The number of nitrogens with one attached hydrogen (secondary N) is 1. The van der Waals surface area contributed by atoms with Gasteiger partial charge in [-0.3, -0.25) is 19.5 Å². The van der Waals surface area contributed by atoms with Gasteiger partial charge in [-0.25, -0.2) is 0 Å². The van der Waals surface area contributed by atoms with Crippen molar-refractivity contribution in [3.05, 3.63) is 29.8 Å². The number of benzene rings is 1. The van der Waals surface area contributed by atoms with E-state index >= 15 is 0 Å². The molecule has 1 aliphatic rings. The van der Waals surface area contributed by atoms with E-state index in [0.717, 1.165) is 22.9 Å². The third-order valence-electron chi connectivity index (χ3n) is 3.90. The molecule has 1 aromatic rings. The molecule has 1 saturated heterocycles. The number of carbonyl (C=O) groups is 2. The summed E-state index contributed by atoms with van der Waals surface area (Å²) in [5.41, 5.74) is 1.13. The lowest BCUT2D eigenvalue weighted by atomic mass is 10.1. The van der Waals surface area contributed by atoms with Crippen molar-refractivity contribution in [2.75, 3.05) is 26.7 Å². The van der Waals surface area contributed by atoms with Gasteiger partial charge in [0.05, 0.1) is 7.11 Å². The van der Waals surface area contributed by atoms with Gasteiger partial charge >= 0.3 is 0 Å². The summed E-state index contributed by atoms with van der Waals surface area (Å²) in [4.78, 5) is 30.5. The number of thioether (sulfide) groups is 1. The van der Waals surface area contributed by atoms with Crippen molar-refractivity contribution in [3.63, 3.8) is 0 Å². The Morgan fingerprint density at radius 2 is 2.04 bits per heavy atom. The minimum Gasteiger partial charge on any atom is -0.497 e. The van der Waals surface area contributed by atoms with Crippen LogP contribution in [0, 0.1) is 0 Å². The summed E-state index contributed by atoms with van der Waals surface area (Å²) in [5, 5.41) is 3.25. The van der Waals surface area contributed by atoms with Crippen molar-refractivity contribution in [1.29, 1.82) is 0 Å². The van der Waals surface area contributed by atoms with Gasteiger partial charge in [-0.05, 0) is 38.0 Å². The number of ether oxygens (including phenoxy) is 1. The van der Waals surface area contributed by atoms with Crippen LogP contribution in [0.2, 0.25) is 0 Å². The van der Waals surface area contributed by atoms with Crippen molar-refractivity contribution in [1.82, 2.24) is 10.2 Å². The highest BCUT2D eigenvalue weighted by atomic mass is 32.2. The Morgan fingerprint density at radius 3 is 2.64 bits per heavy atom. The van der Waals surface area contributed by atoms with Gasteiger partial charge in [0.2, 0.25) is 11.8 Å². The molecule has 1 aromatic carbocycles. The Bertz CT molecular complexity index is 631. The molecule has 0 bridgehead atoms. The Balaban J connectivity index is 1.79. The zero-order valence-corrected chi connectivity index (χ0v) is 15.8. The molecule has 0 aromatic heterocycles. The van der Waals surface area contributed by atoms with Crippen LogP contribution in [0.15, 0.2) is 29.3 Å². The second-order valence-electron chi connectivity index (χ2n) is 5.60. The third-order valence-corrected chi connectivity index (χ3v) is 5.11. The van der Waals surface area contributed by atoms with Crippen LogP contribution in [0.3, 0.4) is 0 Å². The van der Waals surface area contributed by atoms with Gasteiger partial charge in [-0.1, -0.05) is 23.9 Å². The zero-order chi connectivity index (χ0) is 18.2. The molecule has 0 aliphatic carbocycles. The van der Waals surface area contributed by atoms with Crippen molar-refractivity contribution in [3.8, 4) is 5.75 Å². The lowest BCUT2D eigenvalue weighted by Crippen LogP contribution is -2.35. The number of carbonyl (C=O) groups excluding carboxylic acids is 2. The van der Waals surface area contributed by atoms with E-state index in [0.29, 0.717) is 19.6 Å². The molecule has 7 heteroatoms. The van der Waals surface area contributed by atoms with Gasteiger partial charge in [-0.2, -0.15) is 0 Å². The van der Waals surface area contributed by atoms with Gasteiger partial charge in [0, 0.05) is 26.1 Å². The average molecular weight is 363 g/mol. The highest BCUT2D eigenvalue weighted by Gasteiger charge is 2.37. The molecule has 1 fully saturated rings. The largest absolute Gasteiger partial charge is 0.497 e. The van der Waals surface area contributed by atoms with Crippen molar-refractivity contribution in [2.45, 2.75) is 31.9 Å². The van der Waals surface area contributed by atoms with Crippen LogP contribution in [0.1, 0.15) is 25.8 Å². The molecular formula is C18H25N3O3S. The third kappa shape index (κ3) is 5.22. The number of methoxy groups -OCH3 is 1. The summed E-state index contributed by atoms with van der Waals surface area (Å²) in [6, 6.07) is 7.76. The first-order chi connectivity index (χ1) is 12.1. The van der Waals surface area contributed by atoms with Crippen LogP contribution in [0.5, 0.6) is 5.75 Å². The van der Waals surface area contributed by atoms with Gasteiger partial charge in [-0.15, -0.1) is 0 Å². The molecule has 1 unspecified atom stereocenters. The van der Waals surface area contributed by atoms with Crippen molar-refractivity contribution in [2.24, 2.45) is 4.99 Å². The van der Waals surface area contributed by atoms with E-state index in [4.69, 9.17) is 4.74 Å². The Labute approximate surface area is 153 Å². The van der Waals surface area contributed by atoms with Crippen LogP contribution in [-0.2, 0) is 16.0 Å². The second kappa shape index (κ2) is 9.46. The maximum Gasteiger partial charge on any atom is 0.242 e. The van der Waals surface area contributed by atoms with E-state index in [-0.39, 0.29) is 23.5 Å². The lowest BCUT2D eigenvalue weighted by Gasteiger charge is -2.13. The predicted octanol–water partition coefficient (Wildman–Crippen LogP) is 2.08. The van der Waals surface area contributed by atoms with Crippen LogP contribution in [0.25, 0.3) is 0 Å². The summed E-state index contributed by atoms with van der Waals surface area (Å²) >= 11 is 1.39. The average Bonchev–Trinajstić information content (AvgIpc) is 2.90. The summed E-state index contributed by atoms with van der Waals surface area (Å²) in [6.45, 7) is 5.61. The van der Waals surface area contributed by atoms with Gasteiger partial charge < -0.3 is 10.1 Å². The molecule has 25 heavy (non-hydrogen) atoms. The van der Waals surface area contributed by atoms with Crippen molar-refractivity contribution >= 4 is 28.7 Å². The molecule has 136 valence electrons. The van der Waals surface area contributed by atoms with Gasteiger partial charge in [0.25, 0.3) is 0 Å². The summed E-state index contributed by atoms with van der Waals surface area (Å²) < 4.78 is 5.12. The number of hydrogen-bond donors (Lipinski definition) is 1. The van der Waals surface area contributed by atoms with Crippen LogP contribution < -0.4 is 10.1 Å². The quantitative estimate of drug-likeness (QED) is 0.768. The summed E-state index contributed by atoms with van der Waals surface area (Å²) in [5.74, 6) is 0.688. The molecule has 2 rings (SSSR count). The molecule has 2 amide bonds. The minimum atomic E-state index is -0.369. The topological polar surface area (TPSA) is 71.0 Å². The molecule has 1 heterocycles. The number of rotatable bonds is 8. The number of amidine groups is 1. The molecule has 6 nitrogen and oxygen atoms in total. The van der Waals surface area contributed by atoms with E-state index in [1.54, 1.807) is 12.0 Å². The van der Waals surface area contributed by atoms with E-state index in [2.05, 4.69) is 10.3 Å². The van der Waals surface area contributed by atoms with Crippen LogP contribution >= 0.6 is 11.8 Å². The number of nitrogens with zero attached hydrogens (tertiary/aromatic N) is 2. The first-order valence-electron chi connectivity index (χ1n) is 8.51. The smallest absolute Gasteiger partial charge is 0.242 e. The lowest BCUT2D eigenvalue weighted by molar-refractivity contribution is -0.129. The normalized spacial score (nSPS) is 18.7. The van der Waals surface area contributed by atoms with Crippen LogP contribution in [-0.4, -0.2) is 53.9 Å². The Morgan fingerprint density at radius 1 is 1.32 bits per heavy atom. The fourth-order valence-electron chi connectivity index (χ4n) is 2.57. The number of amides is 2. The summed E-state index contributed by atoms with van der Waals surface area (Å²) in [7, 11) is 1.63. The Kier molecular flexibility index (Phi) is 7.31. The SMILES string of the molecule is CCN=C1SC(CC(=O)NCCc2ccc(OC)cc2)C(=O)N1CC. The van der Waals surface area contributed by atoms with E-state index in [1.807, 2.05) is 38.1 Å². The Hall–Kier alpha value is -2.02. The fraction of sp³-hybridized carbons (Fsp3) is 0.500. The second-order valence-corrected chi connectivity index (χ2v) is 6.77. The van der Waals surface area contributed by atoms with Gasteiger partial charge in [0.1, 0.15) is 11.0 Å². The first-order valence-corrected chi connectivity index (χ1v) is 9.39. The highest BCUT2D eigenvalue weighted by molar-refractivity contribution is 8.15. The van der Waals surface area contributed by atoms with Crippen LogP contribution in [0.4, 0.5) is 0 Å². The highest BCUT2D eigenvalue weighted by Crippen LogP contribution is 2.29. The predicted molar refractivity (Wildman–Crippen MR) is 101 cm³/mol. The maximum atomic E-state index is 12.3. The van der Waals surface area contributed by atoms with E-state index in [1.165, 1.54) is 11.8 Å². The molecule has 1 aliphatic heterocycles. The minimum absolute atomic E-state index is 0.0231. The molecular weight excluding hydrogens is 338 g/mol.